The second kappa shape index (κ2) is 5.14. The minimum atomic E-state index is 0.739. The monoisotopic (exact) mass is 246 g/mol. The predicted molar refractivity (Wildman–Crippen MR) is 69.4 cm³/mol. The molecule has 1 N–H and O–H groups in total. The summed E-state index contributed by atoms with van der Waals surface area (Å²) in [6.45, 7) is 3.94. The highest BCUT2D eigenvalue weighted by molar-refractivity contribution is 7.99. The van der Waals surface area contributed by atoms with E-state index in [0.29, 0.717) is 0 Å². The molecule has 0 aliphatic rings. The van der Waals surface area contributed by atoms with E-state index in [2.05, 4.69) is 20.3 Å². The summed E-state index contributed by atoms with van der Waals surface area (Å²) in [6.07, 6.45) is 0. The van der Waals surface area contributed by atoms with Crippen molar-refractivity contribution in [3.8, 4) is 0 Å². The number of nitrogens with zero attached hydrogens (tertiary/aromatic N) is 3. The summed E-state index contributed by atoms with van der Waals surface area (Å²) in [4.78, 5) is 13.2. The average molecular weight is 246 g/mol. The zero-order valence-corrected chi connectivity index (χ0v) is 10.9. The Labute approximate surface area is 105 Å². The molecule has 4 nitrogen and oxygen atoms in total. The summed E-state index contributed by atoms with van der Waals surface area (Å²) in [7, 11) is 1.85. The van der Waals surface area contributed by atoms with E-state index >= 15 is 0 Å². The Hall–Kier alpha value is -1.62. The van der Waals surface area contributed by atoms with Crippen LogP contribution in [0.15, 0.2) is 34.4 Å². The first-order chi connectivity index (χ1) is 8.17. The van der Waals surface area contributed by atoms with Crippen molar-refractivity contribution in [2.24, 2.45) is 0 Å². The largest absolute Gasteiger partial charge is 0.373 e. The molecular weight excluding hydrogens is 232 g/mol. The van der Waals surface area contributed by atoms with Crippen LogP contribution in [0, 0.1) is 13.8 Å². The van der Waals surface area contributed by atoms with Crippen LogP contribution in [0.1, 0.15) is 11.4 Å². The van der Waals surface area contributed by atoms with E-state index in [1.54, 1.807) is 0 Å². The van der Waals surface area contributed by atoms with Crippen molar-refractivity contribution in [1.82, 2.24) is 15.0 Å². The van der Waals surface area contributed by atoms with Crippen molar-refractivity contribution in [3.05, 3.63) is 35.7 Å². The number of anilines is 1. The van der Waals surface area contributed by atoms with Crippen LogP contribution in [-0.2, 0) is 0 Å². The van der Waals surface area contributed by atoms with Crippen LogP contribution in [0.2, 0.25) is 0 Å². The van der Waals surface area contributed by atoms with Crippen LogP contribution in [0.3, 0.4) is 0 Å². The zero-order chi connectivity index (χ0) is 12.3. The van der Waals surface area contributed by atoms with Gasteiger partial charge in [0.1, 0.15) is 10.8 Å². The van der Waals surface area contributed by atoms with Crippen molar-refractivity contribution in [2.75, 3.05) is 12.4 Å². The van der Waals surface area contributed by atoms with Gasteiger partial charge in [0.25, 0.3) is 0 Å². The SMILES string of the molecule is CNc1cccc(Sc2nc(C)cc(C)n2)n1. The number of hydrogen-bond acceptors (Lipinski definition) is 5. The van der Waals surface area contributed by atoms with Crippen molar-refractivity contribution < 1.29 is 0 Å². The van der Waals surface area contributed by atoms with E-state index in [9.17, 15) is 0 Å². The van der Waals surface area contributed by atoms with Gasteiger partial charge in [0.15, 0.2) is 5.16 Å². The molecule has 0 bridgehead atoms. The molecule has 0 aromatic carbocycles. The third-order valence-corrected chi connectivity index (χ3v) is 2.94. The molecule has 17 heavy (non-hydrogen) atoms. The molecule has 0 saturated heterocycles. The van der Waals surface area contributed by atoms with Gasteiger partial charge in [-0.05, 0) is 43.8 Å². The Morgan fingerprint density at radius 3 is 2.41 bits per heavy atom. The molecule has 0 aliphatic carbocycles. The summed E-state index contributed by atoms with van der Waals surface area (Å²) in [5.41, 5.74) is 1.95. The minimum Gasteiger partial charge on any atom is -0.373 e. The molecule has 88 valence electrons. The fourth-order valence-electron chi connectivity index (χ4n) is 1.44. The first-order valence-electron chi connectivity index (χ1n) is 5.32. The van der Waals surface area contributed by atoms with Gasteiger partial charge in [-0.2, -0.15) is 0 Å². The third-order valence-electron chi connectivity index (χ3n) is 2.14. The van der Waals surface area contributed by atoms with Gasteiger partial charge in [0.05, 0.1) is 0 Å². The van der Waals surface area contributed by atoms with Crippen LogP contribution in [0.4, 0.5) is 5.82 Å². The average Bonchev–Trinajstić information content (AvgIpc) is 2.28. The van der Waals surface area contributed by atoms with Crippen molar-refractivity contribution in [3.63, 3.8) is 0 Å². The van der Waals surface area contributed by atoms with Crippen molar-refractivity contribution in [2.45, 2.75) is 24.0 Å². The summed E-state index contributed by atoms with van der Waals surface area (Å²) >= 11 is 1.47. The smallest absolute Gasteiger partial charge is 0.194 e. The molecule has 0 spiro atoms. The second-order valence-corrected chi connectivity index (χ2v) is 4.63. The van der Waals surface area contributed by atoms with Crippen LogP contribution in [0.5, 0.6) is 0 Å². The lowest BCUT2D eigenvalue weighted by molar-refractivity contribution is 0.899. The number of rotatable bonds is 3. The molecule has 2 aromatic heterocycles. The van der Waals surface area contributed by atoms with E-state index in [4.69, 9.17) is 0 Å². The number of pyridine rings is 1. The highest BCUT2D eigenvalue weighted by Gasteiger charge is 2.04. The Balaban J connectivity index is 2.24. The van der Waals surface area contributed by atoms with E-state index in [-0.39, 0.29) is 0 Å². The molecule has 2 heterocycles. The molecule has 0 radical (unpaired) electrons. The third kappa shape index (κ3) is 3.17. The first kappa shape index (κ1) is 11.9. The Morgan fingerprint density at radius 2 is 1.76 bits per heavy atom. The highest BCUT2D eigenvalue weighted by atomic mass is 32.2. The quantitative estimate of drug-likeness (QED) is 0.844. The minimum absolute atomic E-state index is 0.739. The molecule has 0 atom stereocenters. The van der Waals surface area contributed by atoms with Crippen LogP contribution >= 0.6 is 11.8 Å². The summed E-state index contributed by atoms with van der Waals surface area (Å²) in [5.74, 6) is 0.847. The Kier molecular flexibility index (Phi) is 3.58. The topological polar surface area (TPSA) is 50.7 Å². The number of aromatic nitrogens is 3. The molecule has 0 aliphatic heterocycles. The van der Waals surface area contributed by atoms with Crippen LogP contribution in [-0.4, -0.2) is 22.0 Å². The van der Waals surface area contributed by atoms with E-state index < -0.39 is 0 Å². The van der Waals surface area contributed by atoms with Gasteiger partial charge in [0.2, 0.25) is 0 Å². The molecule has 2 rings (SSSR count). The van der Waals surface area contributed by atoms with Crippen molar-refractivity contribution in [1.29, 1.82) is 0 Å². The van der Waals surface area contributed by atoms with Gasteiger partial charge >= 0.3 is 0 Å². The highest BCUT2D eigenvalue weighted by Crippen LogP contribution is 2.23. The molecule has 0 unspecified atom stereocenters. The Bertz CT molecular complexity index is 507. The summed E-state index contributed by atoms with van der Waals surface area (Å²) < 4.78 is 0. The molecule has 0 fully saturated rings. The lowest BCUT2D eigenvalue weighted by Gasteiger charge is -2.04. The first-order valence-corrected chi connectivity index (χ1v) is 6.14. The van der Waals surface area contributed by atoms with Gasteiger partial charge in [-0.1, -0.05) is 6.07 Å². The summed E-state index contributed by atoms with van der Waals surface area (Å²) in [5, 5.41) is 4.64. The van der Waals surface area contributed by atoms with Gasteiger partial charge in [-0.15, -0.1) is 0 Å². The van der Waals surface area contributed by atoms with Gasteiger partial charge < -0.3 is 5.32 Å². The van der Waals surface area contributed by atoms with Crippen LogP contribution in [0.25, 0.3) is 0 Å². The standard InChI is InChI=1S/C12H14N4S/c1-8-7-9(2)15-12(14-8)17-11-6-4-5-10(13-3)16-11/h4-7H,1-3H3,(H,13,16). The molecule has 5 heteroatoms. The molecule has 0 saturated carbocycles. The van der Waals surface area contributed by atoms with Crippen molar-refractivity contribution >= 4 is 17.6 Å². The van der Waals surface area contributed by atoms with Gasteiger partial charge in [-0.3, -0.25) is 0 Å². The number of nitrogens with one attached hydrogen (secondary N) is 1. The van der Waals surface area contributed by atoms with Crippen LogP contribution < -0.4 is 5.32 Å². The molecular formula is C12H14N4S. The summed E-state index contributed by atoms with van der Waals surface area (Å²) in [6, 6.07) is 7.80. The fourth-order valence-corrected chi connectivity index (χ4v) is 2.30. The van der Waals surface area contributed by atoms with Gasteiger partial charge in [-0.25, -0.2) is 15.0 Å². The zero-order valence-electron chi connectivity index (χ0n) is 10.1. The fraction of sp³-hybridized carbons (Fsp3) is 0.250. The normalized spacial score (nSPS) is 10.3. The maximum absolute atomic E-state index is 4.42. The predicted octanol–water partition coefficient (Wildman–Crippen LogP) is 2.68. The van der Waals surface area contributed by atoms with E-state index in [1.165, 1.54) is 11.8 Å². The second-order valence-electron chi connectivity index (χ2n) is 3.65. The number of hydrogen-bond donors (Lipinski definition) is 1. The van der Waals surface area contributed by atoms with E-state index in [1.807, 2.05) is 45.2 Å². The van der Waals surface area contributed by atoms with E-state index in [0.717, 1.165) is 27.4 Å². The maximum Gasteiger partial charge on any atom is 0.194 e. The number of aryl methyl sites for hydroxylation is 2. The lowest BCUT2D eigenvalue weighted by atomic mass is 10.4. The van der Waals surface area contributed by atoms with Gasteiger partial charge in [0, 0.05) is 18.4 Å². The lowest BCUT2D eigenvalue weighted by Crippen LogP contribution is -1.95. The maximum atomic E-state index is 4.42. The Morgan fingerprint density at radius 1 is 1.06 bits per heavy atom. The molecule has 2 aromatic rings. The molecule has 0 amide bonds.